The van der Waals surface area contributed by atoms with E-state index in [1.165, 1.54) is 11.9 Å². The van der Waals surface area contributed by atoms with Crippen LogP contribution in [0.2, 0.25) is 5.02 Å². The quantitative estimate of drug-likeness (QED) is 0.719. The van der Waals surface area contributed by atoms with Gasteiger partial charge in [-0.15, -0.1) is 0 Å². The van der Waals surface area contributed by atoms with Gasteiger partial charge in [0.1, 0.15) is 12.7 Å². The molecule has 144 valence electrons. The third-order valence-corrected chi connectivity index (χ3v) is 5.31. The van der Waals surface area contributed by atoms with Gasteiger partial charge in [0.05, 0.1) is 5.69 Å². The molecule has 6 nitrogen and oxygen atoms in total. The van der Waals surface area contributed by atoms with Crippen molar-refractivity contribution >= 4 is 17.5 Å². The number of likely N-dealkylation sites (tertiary alicyclic amines) is 1. The van der Waals surface area contributed by atoms with Gasteiger partial charge in [0, 0.05) is 36.3 Å². The lowest BCUT2D eigenvalue weighted by Crippen LogP contribution is -2.44. The molecular formula is C21H22ClN5O. The highest BCUT2D eigenvalue weighted by Crippen LogP contribution is 2.16. The van der Waals surface area contributed by atoms with Crippen LogP contribution in [0.4, 0.5) is 0 Å². The van der Waals surface area contributed by atoms with Crippen LogP contribution in [-0.2, 0) is 6.54 Å². The van der Waals surface area contributed by atoms with E-state index in [4.69, 9.17) is 11.6 Å². The monoisotopic (exact) mass is 395 g/mol. The van der Waals surface area contributed by atoms with Crippen LogP contribution in [0.25, 0.3) is 5.69 Å². The van der Waals surface area contributed by atoms with Gasteiger partial charge in [-0.2, -0.15) is 5.10 Å². The predicted molar refractivity (Wildman–Crippen MR) is 109 cm³/mol. The number of rotatable bonds is 5. The van der Waals surface area contributed by atoms with Gasteiger partial charge < -0.3 is 5.32 Å². The molecule has 1 N–H and O–H groups in total. The van der Waals surface area contributed by atoms with Crippen LogP contribution in [0.3, 0.4) is 0 Å². The fourth-order valence-electron chi connectivity index (χ4n) is 3.46. The van der Waals surface area contributed by atoms with Gasteiger partial charge >= 0.3 is 0 Å². The average Bonchev–Trinajstić information content (AvgIpc) is 3.26. The van der Waals surface area contributed by atoms with Gasteiger partial charge in [0.15, 0.2) is 0 Å². The van der Waals surface area contributed by atoms with Crippen LogP contribution in [-0.4, -0.2) is 44.7 Å². The maximum Gasteiger partial charge on any atom is 0.251 e. The largest absolute Gasteiger partial charge is 0.349 e. The normalized spacial score (nSPS) is 15.5. The van der Waals surface area contributed by atoms with E-state index in [2.05, 4.69) is 32.4 Å². The van der Waals surface area contributed by atoms with Crippen molar-refractivity contribution in [1.29, 1.82) is 0 Å². The summed E-state index contributed by atoms with van der Waals surface area (Å²) < 4.78 is 1.66. The highest BCUT2D eigenvalue weighted by atomic mass is 35.5. The molecule has 0 radical (unpaired) electrons. The number of amides is 1. The highest BCUT2D eigenvalue weighted by molar-refractivity contribution is 6.30. The Morgan fingerprint density at radius 1 is 1.07 bits per heavy atom. The first kappa shape index (κ1) is 18.7. The van der Waals surface area contributed by atoms with Gasteiger partial charge in [-0.25, -0.2) is 9.67 Å². The van der Waals surface area contributed by atoms with E-state index < -0.39 is 0 Å². The van der Waals surface area contributed by atoms with Gasteiger partial charge in [-0.3, -0.25) is 9.69 Å². The molecule has 0 atom stereocenters. The molecule has 0 saturated carbocycles. The number of hydrogen-bond donors (Lipinski definition) is 1. The number of nitrogens with one attached hydrogen (secondary N) is 1. The second-order valence-corrected chi connectivity index (χ2v) is 7.47. The fourth-order valence-corrected chi connectivity index (χ4v) is 3.59. The number of carbonyl (C=O) groups is 1. The van der Waals surface area contributed by atoms with E-state index in [-0.39, 0.29) is 11.9 Å². The Morgan fingerprint density at radius 2 is 1.79 bits per heavy atom. The van der Waals surface area contributed by atoms with Gasteiger partial charge in [0.25, 0.3) is 5.91 Å². The minimum absolute atomic E-state index is 0.0266. The molecule has 1 amide bonds. The molecule has 0 bridgehead atoms. The fraction of sp³-hybridized carbons (Fsp3) is 0.286. The van der Waals surface area contributed by atoms with Crippen molar-refractivity contribution in [3.8, 4) is 5.69 Å². The van der Waals surface area contributed by atoms with Crippen LogP contribution in [0.15, 0.2) is 61.2 Å². The molecule has 1 aliphatic rings. The standard InChI is InChI=1S/C21H22ClN5O/c22-18-5-1-16(2-6-18)13-26-11-9-19(10-12-26)25-21(28)17-3-7-20(8-4-17)27-15-23-14-24-27/h1-8,14-15,19H,9-13H2,(H,25,28). The number of hydrogen-bond acceptors (Lipinski definition) is 4. The van der Waals surface area contributed by atoms with Gasteiger partial charge in [-0.05, 0) is 54.8 Å². The maximum atomic E-state index is 12.5. The van der Waals surface area contributed by atoms with E-state index in [0.29, 0.717) is 5.56 Å². The van der Waals surface area contributed by atoms with Crippen molar-refractivity contribution in [2.45, 2.75) is 25.4 Å². The average molecular weight is 396 g/mol. The summed E-state index contributed by atoms with van der Waals surface area (Å²) in [5.74, 6) is -0.0266. The number of benzene rings is 2. The second-order valence-electron chi connectivity index (χ2n) is 7.04. The molecule has 3 aromatic rings. The Labute approximate surface area is 169 Å². The van der Waals surface area contributed by atoms with E-state index in [1.807, 2.05) is 36.4 Å². The number of nitrogens with zero attached hydrogens (tertiary/aromatic N) is 4. The summed E-state index contributed by atoms with van der Waals surface area (Å²) in [6, 6.07) is 15.6. The summed E-state index contributed by atoms with van der Waals surface area (Å²) in [4.78, 5) is 18.9. The molecule has 1 saturated heterocycles. The smallest absolute Gasteiger partial charge is 0.251 e. The lowest BCUT2D eigenvalue weighted by molar-refractivity contribution is 0.0909. The van der Waals surface area contributed by atoms with Crippen LogP contribution in [0, 0.1) is 0 Å². The highest BCUT2D eigenvalue weighted by Gasteiger charge is 2.21. The Hall–Kier alpha value is -2.70. The van der Waals surface area contributed by atoms with Crippen molar-refractivity contribution in [2.75, 3.05) is 13.1 Å². The number of piperidine rings is 1. The zero-order valence-corrected chi connectivity index (χ0v) is 16.2. The van der Waals surface area contributed by atoms with Crippen molar-refractivity contribution < 1.29 is 4.79 Å². The molecule has 4 rings (SSSR count). The Morgan fingerprint density at radius 3 is 2.43 bits per heavy atom. The molecule has 2 heterocycles. The first-order chi connectivity index (χ1) is 13.7. The predicted octanol–water partition coefficient (Wildman–Crippen LogP) is 3.32. The van der Waals surface area contributed by atoms with Crippen LogP contribution < -0.4 is 5.32 Å². The molecule has 0 unspecified atom stereocenters. The summed E-state index contributed by atoms with van der Waals surface area (Å²) in [5.41, 5.74) is 2.80. The molecular weight excluding hydrogens is 374 g/mol. The lowest BCUT2D eigenvalue weighted by atomic mass is 10.0. The molecule has 0 spiro atoms. The molecule has 1 aromatic heterocycles. The first-order valence-corrected chi connectivity index (χ1v) is 9.78. The number of carbonyl (C=O) groups excluding carboxylic acids is 1. The zero-order valence-electron chi connectivity index (χ0n) is 15.5. The molecule has 28 heavy (non-hydrogen) atoms. The van der Waals surface area contributed by atoms with Crippen molar-refractivity contribution in [2.24, 2.45) is 0 Å². The summed E-state index contributed by atoms with van der Waals surface area (Å²) in [7, 11) is 0. The molecule has 1 aliphatic heterocycles. The van der Waals surface area contributed by atoms with E-state index in [1.54, 1.807) is 11.0 Å². The van der Waals surface area contributed by atoms with E-state index in [9.17, 15) is 4.79 Å². The Kier molecular flexibility index (Phi) is 5.69. The number of aromatic nitrogens is 3. The third-order valence-electron chi connectivity index (χ3n) is 5.06. The summed E-state index contributed by atoms with van der Waals surface area (Å²) in [6.45, 7) is 2.86. The summed E-state index contributed by atoms with van der Waals surface area (Å²) >= 11 is 5.95. The first-order valence-electron chi connectivity index (χ1n) is 9.40. The maximum absolute atomic E-state index is 12.5. The summed E-state index contributed by atoms with van der Waals surface area (Å²) in [5, 5.41) is 8.02. The molecule has 0 aliphatic carbocycles. The minimum atomic E-state index is -0.0266. The van der Waals surface area contributed by atoms with Crippen LogP contribution >= 0.6 is 11.6 Å². The van der Waals surface area contributed by atoms with E-state index >= 15 is 0 Å². The van der Waals surface area contributed by atoms with E-state index in [0.717, 1.165) is 43.2 Å². The van der Waals surface area contributed by atoms with Crippen molar-refractivity contribution in [3.63, 3.8) is 0 Å². The zero-order chi connectivity index (χ0) is 19.3. The van der Waals surface area contributed by atoms with Crippen molar-refractivity contribution in [3.05, 3.63) is 77.3 Å². The Balaban J connectivity index is 1.27. The molecule has 7 heteroatoms. The lowest BCUT2D eigenvalue weighted by Gasteiger charge is -2.32. The molecule has 2 aromatic carbocycles. The van der Waals surface area contributed by atoms with Crippen LogP contribution in [0.1, 0.15) is 28.8 Å². The van der Waals surface area contributed by atoms with Crippen molar-refractivity contribution in [1.82, 2.24) is 25.0 Å². The van der Waals surface area contributed by atoms with Crippen LogP contribution in [0.5, 0.6) is 0 Å². The second kappa shape index (κ2) is 8.54. The van der Waals surface area contributed by atoms with Gasteiger partial charge in [-0.1, -0.05) is 23.7 Å². The van der Waals surface area contributed by atoms with Gasteiger partial charge in [0.2, 0.25) is 0 Å². The topological polar surface area (TPSA) is 63.1 Å². The minimum Gasteiger partial charge on any atom is -0.349 e. The SMILES string of the molecule is O=C(NC1CCN(Cc2ccc(Cl)cc2)CC1)c1ccc(-n2cncn2)cc1. The third kappa shape index (κ3) is 4.58. The number of halogens is 1. The molecule has 1 fully saturated rings. The summed E-state index contributed by atoms with van der Waals surface area (Å²) in [6.07, 6.45) is 5.03. The Bertz CT molecular complexity index is 901.